The van der Waals surface area contributed by atoms with Gasteiger partial charge in [-0.05, 0) is 42.3 Å². The van der Waals surface area contributed by atoms with E-state index >= 15 is 0 Å². The van der Waals surface area contributed by atoms with Crippen molar-refractivity contribution in [2.24, 2.45) is 0 Å². The number of amides is 2. The highest BCUT2D eigenvalue weighted by atomic mass is 32.2. The molecule has 0 radical (unpaired) electrons. The molecule has 0 saturated carbocycles. The van der Waals surface area contributed by atoms with Crippen molar-refractivity contribution < 1.29 is 18.0 Å². The third-order valence-corrected chi connectivity index (χ3v) is 5.78. The van der Waals surface area contributed by atoms with E-state index in [4.69, 9.17) is 0 Å². The molecule has 9 heteroatoms. The molecule has 3 rings (SSSR count). The highest BCUT2D eigenvalue weighted by Crippen LogP contribution is 2.26. The van der Waals surface area contributed by atoms with Crippen LogP contribution in [0, 0.1) is 0 Å². The summed E-state index contributed by atoms with van der Waals surface area (Å²) >= 11 is 0. The van der Waals surface area contributed by atoms with Crippen LogP contribution in [0.5, 0.6) is 0 Å². The van der Waals surface area contributed by atoms with Crippen molar-refractivity contribution in [2.45, 2.75) is 17.7 Å². The minimum Gasteiger partial charge on any atom is -0.326 e. The average molecular weight is 374 g/mol. The molecular weight excluding hydrogens is 356 g/mol. The second kappa shape index (κ2) is 7.22. The van der Waals surface area contributed by atoms with Gasteiger partial charge in [-0.15, -0.1) is 0 Å². The number of hydrogen-bond acceptors (Lipinski definition) is 5. The Morgan fingerprint density at radius 2 is 2.08 bits per heavy atom. The van der Waals surface area contributed by atoms with Crippen LogP contribution in [0.2, 0.25) is 0 Å². The Hall–Kier alpha value is -2.78. The number of pyridine rings is 1. The molecule has 0 unspecified atom stereocenters. The number of benzene rings is 1. The maximum atomic E-state index is 12.7. The van der Waals surface area contributed by atoms with Gasteiger partial charge in [-0.25, -0.2) is 13.4 Å². The first-order valence-electron chi connectivity index (χ1n) is 7.96. The van der Waals surface area contributed by atoms with Crippen LogP contribution in [0.25, 0.3) is 0 Å². The number of carbonyl (C=O) groups is 2. The average Bonchev–Trinajstić information content (AvgIpc) is 2.61. The molecular formula is C17H18N4O4S. The molecule has 26 heavy (non-hydrogen) atoms. The molecule has 2 aromatic rings. The van der Waals surface area contributed by atoms with Crippen LogP contribution in [0.15, 0.2) is 47.5 Å². The number of fused-ring (bicyclic) bond motifs is 1. The predicted molar refractivity (Wildman–Crippen MR) is 96.1 cm³/mol. The van der Waals surface area contributed by atoms with Crippen LogP contribution >= 0.6 is 0 Å². The minimum atomic E-state index is -3.83. The van der Waals surface area contributed by atoms with Crippen LogP contribution < -0.4 is 10.6 Å². The van der Waals surface area contributed by atoms with Crippen molar-refractivity contribution in [3.63, 3.8) is 0 Å². The summed E-state index contributed by atoms with van der Waals surface area (Å²) in [7, 11) is -2.49. The molecule has 0 bridgehead atoms. The van der Waals surface area contributed by atoms with Crippen LogP contribution in [0.3, 0.4) is 0 Å². The van der Waals surface area contributed by atoms with Gasteiger partial charge in [0, 0.05) is 25.4 Å². The van der Waals surface area contributed by atoms with Gasteiger partial charge in [0.1, 0.15) is 5.82 Å². The van der Waals surface area contributed by atoms with Gasteiger partial charge < -0.3 is 10.6 Å². The van der Waals surface area contributed by atoms with Gasteiger partial charge in [0.25, 0.3) is 0 Å². The normalized spacial score (nSPS) is 13.8. The van der Waals surface area contributed by atoms with Crippen LogP contribution in [0.4, 0.5) is 11.5 Å². The Morgan fingerprint density at radius 3 is 2.81 bits per heavy atom. The molecule has 0 saturated heterocycles. The molecule has 0 aliphatic carbocycles. The fraction of sp³-hybridized carbons (Fsp3) is 0.235. The van der Waals surface area contributed by atoms with E-state index in [2.05, 4.69) is 15.6 Å². The van der Waals surface area contributed by atoms with E-state index in [0.717, 1.165) is 9.87 Å². The molecule has 136 valence electrons. The molecule has 0 fully saturated rings. The number of aromatic nitrogens is 1. The third-order valence-electron chi connectivity index (χ3n) is 3.98. The lowest BCUT2D eigenvalue weighted by molar-refractivity contribution is -0.117. The van der Waals surface area contributed by atoms with Gasteiger partial charge in [0.05, 0.1) is 11.4 Å². The van der Waals surface area contributed by atoms with Crippen LogP contribution in [-0.2, 0) is 26.0 Å². The van der Waals surface area contributed by atoms with Gasteiger partial charge >= 0.3 is 0 Å². The monoisotopic (exact) mass is 374 g/mol. The van der Waals surface area contributed by atoms with Gasteiger partial charge in [0.15, 0.2) is 0 Å². The summed E-state index contributed by atoms with van der Waals surface area (Å²) in [4.78, 5) is 27.5. The zero-order chi connectivity index (χ0) is 18.7. The van der Waals surface area contributed by atoms with E-state index in [0.29, 0.717) is 24.3 Å². The maximum absolute atomic E-state index is 12.7. The standard InChI is InChI=1S/C17H18N4O4S/c1-21(11-17(23)20-15-4-2-3-9-18-15)26(24,25)13-6-7-14-12(10-13)5-8-16(22)19-14/h2-4,6-7,9-10H,5,8,11H2,1H3,(H,19,22)(H,18,20,23). The smallest absolute Gasteiger partial charge is 0.243 e. The summed E-state index contributed by atoms with van der Waals surface area (Å²) in [5.41, 5.74) is 1.38. The number of hydrogen-bond donors (Lipinski definition) is 2. The number of nitrogens with zero attached hydrogens (tertiary/aromatic N) is 2. The fourth-order valence-corrected chi connectivity index (χ4v) is 3.78. The number of nitrogens with one attached hydrogen (secondary N) is 2. The van der Waals surface area contributed by atoms with Gasteiger partial charge in [-0.2, -0.15) is 4.31 Å². The van der Waals surface area contributed by atoms with Crippen molar-refractivity contribution in [1.82, 2.24) is 9.29 Å². The largest absolute Gasteiger partial charge is 0.326 e. The second-order valence-corrected chi connectivity index (χ2v) is 7.94. The molecule has 2 N–H and O–H groups in total. The van der Waals surface area contributed by atoms with Crippen molar-refractivity contribution in [2.75, 3.05) is 24.2 Å². The molecule has 1 aromatic heterocycles. The zero-order valence-corrected chi connectivity index (χ0v) is 14.9. The van der Waals surface area contributed by atoms with Gasteiger partial charge in [0.2, 0.25) is 21.8 Å². The number of likely N-dealkylation sites (N-methyl/N-ethyl adjacent to an activating group) is 1. The molecule has 0 spiro atoms. The van der Waals surface area contributed by atoms with Crippen molar-refractivity contribution in [3.8, 4) is 0 Å². The Kier molecular flexibility index (Phi) is 5.01. The predicted octanol–water partition coefficient (Wildman–Crippen LogP) is 1.23. The summed E-state index contributed by atoms with van der Waals surface area (Å²) in [6, 6.07) is 9.58. The lowest BCUT2D eigenvalue weighted by atomic mass is 10.0. The number of rotatable bonds is 5. The van der Waals surface area contributed by atoms with Crippen molar-refractivity contribution in [3.05, 3.63) is 48.2 Å². The van der Waals surface area contributed by atoms with E-state index in [-0.39, 0.29) is 17.3 Å². The fourth-order valence-electron chi connectivity index (χ4n) is 2.61. The van der Waals surface area contributed by atoms with Gasteiger partial charge in [-0.1, -0.05) is 6.07 Å². The van der Waals surface area contributed by atoms with Crippen LogP contribution in [0.1, 0.15) is 12.0 Å². The second-order valence-electron chi connectivity index (χ2n) is 5.89. The van der Waals surface area contributed by atoms with E-state index in [1.807, 2.05) is 0 Å². The molecule has 2 amide bonds. The molecule has 8 nitrogen and oxygen atoms in total. The molecule has 1 aliphatic rings. The summed E-state index contributed by atoms with van der Waals surface area (Å²) in [6.07, 6.45) is 2.33. The highest BCUT2D eigenvalue weighted by Gasteiger charge is 2.25. The molecule has 1 aromatic carbocycles. The summed E-state index contributed by atoms with van der Waals surface area (Å²) in [5, 5.41) is 5.26. The molecule has 0 atom stereocenters. The first-order chi connectivity index (χ1) is 12.4. The minimum absolute atomic E-state index is 0.0838. The summed E-state index contributed by atoms with van der Waals surface area (Å²) in [6.45, 7) is -0.341. The van der Waals surface area contributed by atoms with E-state index in [1.165, 1.54) is 25.4 Å². The number of carbonyl (C=O) groups excluding carboxylic acids is 2. The SMILES string of the molecule is CN(CC(=O)Nc1ccccn1)S(=O)(=O)c1ccc2c(c1)CCC(=O)N2. The first-order valence-corrected chi connectivity index (χ1v) is 9.40. The van der Waals surface area contributed by atoms with E-state index < -0.39 is 15.9 Å². The number of aryl methyl sites for hydroxylation is 1. The van der Waals surface area contributed by atoms with Crippen molar-refractivity contribution >= 4 is 33.3 Å². The third kappa shape index (κ3) is 3.89. The Morgan fingerprint density at radius 1 is 1.27 bits per heavy atom. The number of sulfonamides is 1. The van der Waals surface area contributed by atoms with Crippen LogP contribution in [-0.4, -0.2) is 43.1 Å². The molecule has 1 aliphatic heterocycles. The van der Waals surface area contributed by atoms with Crippen molar-refractivity contribution in [1.29, 1.82) is 0 Å². The highest BCUT2D eigenvalue weighted by molar-refractivity contribution is 7.89. The maximum Gasteiger partial charge on any atom is 0.243 e. The zero-order valence-electron chi connectivity index (χ0n) is 14.1. The summed E-state index contributed by atoms with van der Waals surface area (Å²) in [5.74, 6) is -0.218. The Bertz CT molecular complexity index is 944. The summed E-state index contributed by atoms with van der Waals surface area (Å²) < 4.78 is 26.4. The van der Waals surface area contributed by atoms with E-state index in [9.17, 15) is 18.0 Å². The van der Waals surface area contributed by atoms with E-state index in [1.54, 1.807) is 24.3 Å². The first kappa shape index (κ1) is 18.0. The number of anilines is 2. The van der Waals surface area contributed by atoms with Gasteiger partial charge in [-0.3, -0.25) is 9.59 Å². The Labute approximate surface area is 151 Å². The molecule has 2 heterocycles. The topological polar surface area (TPSA) is 108 Å². The quantitative estimate of drug-likeness (QED) is 0.818. The lowest BCUT2D eigenvalue weighted by Gasteiger charge is -2.20. The Balaban J connectivity index is 1.73. The lowest BCUT2D eigenvalue weighted by Crippen LogP contribution is -2.35.